The summed E-state index contributed by atoms with van der Waals surface area (Å²) in [6.07, 6.45) is 4.96. The topological polar surface area (TPSA) is 69.9 Å². The van der Waals surface area contributed by atoms with E-state index in [1.165, 1.54) is 0 Å². The molecule has 1 atom stereocenters. The smallest absolute Gasteiger partial charge is 0.246 e. The number of nitrogens with two attached hydrogens (primary N) is 1. The summed E-state index contributed by atoms with van der Waals surface area (Å²) in [4.78, 5) is 4.35. The van der Waals surface area contributed by atoms with Crippen LogP contribution in [0.2, 0.25) is 0 Å². The van der Waals surface area contributed by atoms with E-state index < -0.39 is 0 Å². The Hall–Kier alpha value is -1.62. The predicted octanol–water partition coefficient (Wildman–Crippen LogP) is 2.45. The van der Waals surface area contributed by atoms with Gasteiger partial charge in [0.15, 0.2) is 5.82 Å². The first-order valence-electron chi connectivity index (χ1n) is 6.34. The summed E-state index contributed by atoms with van der Waals surface area (Å²) in [7, 11) is 0. The fourth-order valence-electron chi connectivity index (χ4n) is 1.74. The minimum atomic E-state index is 0.0974. The van der Waals surface area contributed by atoms with E-state index in [0.29, 0.717) is 12.4 Å². The first kappa shape index (κ1) is 12.8. The molecule has 0 saturated carbocycles. The minimum absolute atomic E-state index is 0.0974. The number of hydrogen-bond donors (Lipinski definition) is 1. The molecule has 0 saturated heterocycles. The Balaban J connectivity index is 2.06. The van der Waals surface area contributed by atoms with Crippen molar-refractivity contribution in [3.05, 3.63) is 35.7 Å². The van der Waals surface area contributed by atoms with E-state index >= 15 is 0 Å². The molecule has 0 aliphatic carbocycles. The average molecular weight is 248 g/mol. The molecule has 2 N–H and O–H groups in total. The standard InChI is InChI=1S/C13H20N4O/c1-4-11(14)10-5-6-17(7-10)8-12-15-13(9(2)3)16-18-12/h5-7,9,11H,4,8,14H2,1-3H3. The van der Waals surface area contributed by atoms with Crippen molar-refractivity contribution in [2.75, 3.05) is 0 Å². The molecule has 2 aromatic heterocycles. The van der Waals surface area contributed by atoms with Crippen molar-refractivity contribution < 1.29 is 4.52 Å². The molecule has 2 heterocycles. The van der Waals surface area contributed by atoms with Gasteiger partial charge in [0.2, 0.25) is 5.89 Å². The summed E-state index contributed by atoms with van der Waals surface area (Å²) in [5, 5.41) is 3.95. The van der Waals surface area contributed by atoms with Crippen LogP contribution < -0.4 is 5.73 Å². The van der Waals surface area contributed by atoms with E-state index in [9.17, 15) is 0 Å². The molecule has 2 aromatic rings. The minimum Gasteiger partial charge on any atom is -0.345 e. The van der Waals surface area contributed by atoms with Gasteiger partial charge in [-0.05, 0) is 18.1 Å². The zero-order valence-electron chi connectivity index (χ0n) is 11.1. The molecule has 5 nitrogen and oxygen atoms in total. The van der Waals surface area contributed by atoms with Crippen LogP contribution in [-0.2, 0) is 6.54 Å². The Morgan fingerprint density at radius 2 is 2.22 bits per heavy atom. The maximum atomic E-state index is 5.98. The Morgan fingerprint density at radius 1 is 1.44 bits per heavy atom. The van der Waals surface area contributed by atoms with E-state index in [-0.39, 0.29) is 12.0 Å². The van der Waals surface area contributed by atoms with Crippen LogP contribution in [0, 0.1) is 0 Å². The maximum Gasteiger partial charge on any atom is 0.246 e. The quantitative estimate of drug-likeness (QED) is 0.882. The van der Waals surface area contributed by atoms with E-state index in [4.69, 9.17) is 10.3 Å². The molecule has 0 bridgehead atoms. The molecule has 0 aliphatic rings. The lowest BCUT2D eigenvalue weighted by Crippen LogP contribution is -2.07. The summed E-state index contributed by atoms with van der Waals surface area (Å²) >= 11 is 0. The Labute approximate surface area is 107 Å². The van der Waals surface area contributed by atoms with Crippen molar-refractivity contribution in [1.82, 2.24) is 14.7 Å². The van der Waals surface area contributed by atoms with Gasteiger partial charge >= 0.3 is 0 Å². The van der Waals surface area contributed by atoms with E-state index in [1.54, 1.807) is 0 Å². The molecule has 0 aromatic carbocycles. The normalized spacial score (nSPS) is 13.2. The van der Waals surface area contributed by atoms with E-state index in [0.717, 1.165) is 17.8 Å². The fourth-order valence-corrected chi connectivity index (χ4v) is 1.74. The van der Waals surface area contributed by atoms with Crippen molar-refractivity contribution in [1.29, 1.82) is 0 Å². The molecule has 0 amide bonds. The zero-order chi connectivity index (χ0) is 13.1. The molecule has 0 spiro atoms. The van der Waals surface area contributed by atoms with Crippen molar-refractivity contribution >= 4 is 0 Å². The third-order valence-corrected chi connectivity index (χ3v) is 2.96. The van der Waals surface area contributed by atoms with Gasteiger partial charge in [0.05, 0.1) is 0 Å². The number of hydrogen-bond acceptors (Lipinski definition) is 4. The van der Waals surface area contributed by atoms with Crippen LogP contribution in [-0.4, -0.2) is 14.7 Å². The second-order valence-corrected chi connectivity index (χ2v) is 4.83. The van der Waals surface area contributed by atoms with Crippen LogP contribution in [0.15, 0.2) is 23.0 Å². The molecular formula is C13H20N4O. The molecule has 0 fully saturated rings. The molecule has 0 radical (unpaired) electrons. The van der Waals surface area contributed by atoms with Gasteiger partial charge in [-0.15, -0.1) is 0 Å². The summed E-state index contributed by atoms with van der Waals surface area (Å²) in [6.45, 7) is 6.76. The Kier molecular flexibility index (Phi) is 3.81. The Bertz CT molecular complexity index is 501. The van der Waals surface area contributed by atoms with Crippen molar-refractivity contribution in [3.8, 4) is 0 Å². The van der Waals surface area contributed by atoms with Gasteiger partial charge in [-0.2, -0.15) is 4.98 Å². The lowest BCUT2D eigenvalue weighted by molar-refractivity contribution is 0.364. The number of nitrogens with zero attached hydrogens (tertiary/aromatic N) is 3. The van der Waals surface area contributed by atoms with Crippen LogP contribution in [0.5, 0.6) is 0 Å². The molecule has 18 heavy (non-hydrogen) atoms. The predicted molar refractivity (Wildman–Crippen MR) is 69.1 cm³/mol. The summed E-state index contributed by atoms with van der Waals surface area (Å²) < 4.78 is 7.23. The average Bonchev–Trinajstić information content (AvgIpc) is 2.98. The molecule has 5 heteroatoms. The van der Waals surface area contributed by atoms with Crippen LogP contribution in [0.3, 0.4) is 0 Å². The largest absolute Gasteiger partial charge is 0.345 e. The second kappa shape index (κ2) is 5.35. The first-order chi connectivity index (χ1) is 8.60. The Morgan fingerprint density at radius 3 is 2.83 bits per heavy atom. The number of rotatable bonds is 5. The van der Waals surface area contributed by atoms with Crippen LogP contribution in [0.1, 0.15) is 56.4 Å². The molecule has 98 valence electrons. The summed E-state index contributed by atoms with van der Waals surface area (Å²) in [5.41, 5.74) is 7.12. The zero-order valence-corrected chi connectivity index (χ0v) is 11.1. The monoisotopic (exact) mass is 248 g/mol. The van der Waals surface area contributed by atoms with Gasteiger partial charge < -0.3 is 14.8 Å². The van der Waals surface area contributed by atoms with Crippen molar-refractivity contribution in [2.24, 2.45) is 5.73 Å². The highest BCUT2D eigenvalue weighted by molar-refractivity contribution is 5.15. The summed E-state index contributed by atoms with van der Waals surface area (Å²) in [5.74, 6) is 1.67. The fraction of sp³-hybridized carbons (Fsp3) is 0.538. The highest BCUT2D eigenvalue weighted by Crippen LogP contribution is 2.15. The van der Waals surface area contributed by atoms with Crippen molar-refractivity contribution in [3.63, 3.8) is 0 Å². The molecule has 2 rings (SSSR count). The van der Waals surface area contributed by atoms with Gasteiger partial charge in [-0.3, -0.25) is 0 Å². The maximum absolute atomic E-state index is 5.98. The second-order valence-electron chi connectivity index (χ2n) is 4.83. The van der Waals surface area contributed by atoms with Crippen molar-refractivity contribution in [2.45, 2.75) is 45.7 Å². The molecular weight excluding hydrogens is 228 g/mol. The van der Waals surface area contributed by atoms with Gasteiger partial charge in [-0.25, -0.2) is 0 Å². The highest BCUT2D eigenvalue weighted by atomic mass is 16.5. The van der Waals surface area contributed by atoms with Crippen LogP contribution >= 0.6 is 0 Å². The summed E-state index contributed by atoms with van der Waals surface area (Å²) in [6, 6.07) is 2.13. The van der Waals surface area contributed by atoms with E-state index in [1.807, 2.05) is 36.9 Å². The highest BCUT2D eigenvalue weighted by Gasteiger charge is 2.11. The molecule has 1 unspecified atom stereocenters. The van der Waals surface area contributed by atoms with Crippen LogP contribution in [0.25, 0.3) is 0 Å². The lowest BCUT2D eigenvalue weighted by atomic mass is 10.1. The van der Waals surface area contributed by atoms with Gasteiger partial charge in [0.25, 0.3) is 0 Å². The third kappa shape index (κ3) is 2.79. The van der Waals surface area contributed by atoms with Gasteiger partial charge in [0.1, 0.15) is 6.54 Å². The third-order valence-electron chi connectivity index (χ3n) is 2.96. The van der Waals surface area contributed by atoms with Gasteiger partial charge in [0, 0.05) is 24.4 Å². The first-order valence-corrected chi connectivity index (χ1v) is 6.34. The number of aromatic nitrogens is 3. The van der Waals surface area contributed by atoms with Gasteiger partial charge in [-0.1, -0.05) is 25.9 Å². The van der Waals surface area contributed by atoms with E-state index in [2.05, 4.69) is 17.1 Å². The van der Waals surface area contributed by atoms with Crippen LogP contribution in [0.4, 0.5) is 0 Å². The SMILES string of the molecule is CCC(N)c1ccn(Cc2nc(C(C)C)no2)c1. The lowest BCUT2D eigenvalue weighted by Gasteiger charge is -2.04. The molecule has 0 aliphatic heterocycles.